The summed E-state index contributed by atoms with van der Waals surface area (Å²) >= 11 is 0. The molecule has 0 N–H and O–H groups in total. The maximum atomic E-state index is 12.9. The van der Waals surface area contributed by atoms with Crippen molar-refractivity contribution in [2.24, 2.45) is 0 Å². The zero-order valence-corrected chi connectivity index (χ0v) is 14.1. The van der Waals surface area contributed by atoms with E-state index >= 15 is 0 Å². The lowest BCUT2D eigenvalue weighted by molar-refractivity contribution is 0.0791. The second-order valence-electron chi connectivity index (χ2n) is 6.04. The lowest BCUT2D eigenvalue weighted by atomic mass is 9.95. The number of unbranched alkanes of at least 4 members (excludes halogenated alkanes) is 2. The SMILES string of the molecule is CCCC/C=C/C1c2ccccc2C=CN1C(=O)c1ccccc1. The second kappa shape index (κ2) is 7.78. The molecule has 3 rings (SSSR count). The lowest BCUT2D eigenvalue weighted by Crippen LogP contribution is -2.31. The molecule has 1 unspecified atom stereocenters. The number of carbonyl (C=O) groups excluding carboxylic acids is 1. The summed E-state index contributed by atoms with van der Waals surface area (Å²) in [6.45, 7) is 2.19. The van der Waals surface area contributed by atoms with Gasteiger partial charge in [0.25, 0.3) is 5.91 Å². The van der Waals surface area contributed by atoms with Crippen LogP contribution in [0.25, 0.3) is 6.08 Å². The molecule has 0 aromatic heterocycles. The van der Waals surface area contributed by atoms with Crippen LogP contribution in [-0.4, -0.2) is 10.8 Å². The fraction of sp³-hybridized carbons (Fsp3) is 0.227. The molecular formula is C22H23NO. The summed E-state index contributed by atoms with van der Waals surface area (Å²) < 4.78 is 0. The van der Waals surface area contributed by atoms with Gasteiger partial charge in [-0.2, -0.15) is 0 Å². The summed E-state index contributed by atoms with van der Waals surface area (Å²) in [7, 11) is 0. The third-order valence-corrected chi connectivity index (χ3v) is 4.33. The Balaban J connectivity index is 1.92. The van der Waals surface area contributed by atoms with E-state index in [1.54, 1.807) is 0 Å². The van der Waals surface area contributed by atoms with Crippen molar-refractivity contribution in [2.45, 2.75) is 32.2 Å². The van der Waals surface area contributed by atoms with Gasteiger partial charge < -0.3 is 4.90 Å². The van der Waals surface area contributed by atoms with E-state index in [9.17, 15) is 4.79 Å². The van der Waals surface area contributed by atoms with E-state index in [-0.39, 0.29) is 11.9 Å². The summed E-state index contributed by atoms with van der Waals surface area (Å²) in [6, 6.07) is 17.7. The van der Waals surface area contributed by atoms with E-state index < -0.39 is 0 Å². The molecule has 0 fully saturated rings. The molecule has 0 aliphatic carbocycles. The van der Waals surface area contributed by atoms with E-state index in [1.165, 1.54) is 24.0 Å². The van der Waals surface area contributed by atoms with Gasteiger partial charge in [-0.3, -0.25) is 4.79 Å². The van der Waals surface area contributed by atoms with Crippen LogP contribution < -0.4 is 0 Å². The number of carbonyl (C=O) groups is 1. The topological polar surface area (TPSA) is 20.3 Å². The fourth-order valence-corrected chi connectivity index (χ4v) is 3.00. The van der Waals surface area contributed by atoms with Gasteiger partial charge in [-0.05, 0) is 35.8 Å². The number of amides is 1. The van der Waals surface area contributed by atoms with Crippen molar-refractivity contribution in [1.82, 2.24) is 4.90 Å². The highest BCUT2D eigenvalue weighted by atomic mass is 16.2. The second-order valence-corrected chi connectivity index (χ2v) is 6.04. The molecule has 0 saturated heterocycles. The lowest BCUT2D eigenvalue weighted by Gasteiger charge is -2.31. The number of rotatable bonds is 5. The van der Waals surface area contributed by atoms with Crippen LogP contribution in [0.2, 0.25) is 0 Å². The van der Waals surface area contributed by atoms with Gasteiger partial charge in [-0.1, -0.05) is 74.4 Å². The number of fused-ring (bicyclic) bond motifs is 1. The minimum absolute atomic E-state index is 0.0338. The van der Waals surface area contributed by atoms with Crippen molar-refractivity contribution >= 4 is 12.0 Å². The number of benzene rings is 2. The van der Waals surface area contributed by atoms with Crippen molar-refractivity contribution in [1.29, 1.82) is 0 Å². The smallest absolute Gasteiger partial charge is 0.258 e. The summed E-state index contributed by atoms with van der Waals surface area (Å²) in [5, 5.41) is 0. The van der Waals surface area contributed by atoms with Crippen LogP contribution in [0.4, 0.5) is 0 Å². The van der Waals surface area contributed by atoms with Gasteiger partial charge in [0.05, 0.1) is 6.04 Å². The van der Waals surface area contributed by atoms with Crippen LogP contribution in [0.3, 0.4) is 0 Å². The highest BCUT2D eigenvalue weighted by Gasteiger charge is 2.26. The average Bonchev–Trinajstić information content (AvgIpc) is 2.65. The first-order valence-electron chi connectivity index (χ1n) is 8.62. The van der Waals surface area contributed by atoms with Gasteiger partial charge in [0.1, 0.15) is 0 Å². The Hall–Kier alpha value is -2.61. The first-order valence-corrected chi connectivity index (χ1v) is 8.62. The van der Waals surface area contributed by atoms with Crippen molar-refractivity contribution in [3.63, 3.8) is 0 Å². The zero-order valence-electron chi connectivity index (χ0n) is 14.1. The molecule has 1 atom stereocenters. The molecule has 2 aromatic carbocycles. The Morgan fingerprint density at radius 3 is 2.62 bits per heavy atom. The molecule has 1 aliphatic heterocycles. The Morgan fingerprint density at radius 1 is 1.08 bits per heavy atom. The van der Waals surface area contributed by atoms with Crippen molar-refractivity contribution in [2.75, 3.05) is 0 Å². The molecule has 1 aliphatic rings. The molecule has 24 heavy (non-hydrogen) atoms. The zero-order chi connectivity index (χ0) is 16.8. The maximum absolute atomic E-state index is 12.9. The third-order valence-electron chi connectivity index (χ3n) is 4.33. The summed E-state index contributed by atoms with van der Waals surface area (Å²) in [5.41, 5.74) is 3.07. The normalized spacial score (nSPS) is 16.4. The Morgan fingerprint density at radius 2 is 1.83 bits per heavy atom. The summed E-state index contributed by atoms with van der Waals surface area (Å²) in [6.07, 6.45) is 11.7. The van der Waals surface area contributed by atoms with Crippen molar-refractivity contribution in [3.8, 4) is 0 Å². The minimum Gasteiger partial charge on any atom is -0.304 e. The van der Waals surface area contributed by atoms with E-state index in [2.05, 4.69) is 31.2 Å². The van der Waals surface area contributed by atoms with Crippen molar-refractivity contribution < 1.29 is 4.79 Å². The molecule has 2 aromatic rings. The Kier molecular flexibility index (Phi) is 5.27. The molecule has 122 valence electrons. The van der Waals surface area contributed by atoms with Crippen LogP contribution in [0.1, 0.15) is 53.7 Å². The van der Waals surface area contributed by atoms with Crippen molar-refractivity contribution in [3.05, 3.63) is 89.6 Å². The third kappa shape index (κ3) is 3.48. The molecular weight excluding hydrogens is 294 g/mol. The van der Waals surface area contributed by atoms with Crippen LogP contribution >= 0.6 is 0 Å². The van der Waals surface area contributed by atoms with E-state index in [4.69, 9.17) is 0 Å². The molecule has 0 saturated carbocycles. The van der Waals surface area contributed by atoms with Gasteiger partial charge in [0, 0.05) is 11.8 Å². The molecule has 0 bridgehead atoms. The molecule has 0 spiro atoms. The Labute approximate surface area is 144 Å². The number of allylic oxidation sites excluding steroid dienone is 1. The van der Waals surface area contributed by atoms with Crippen LogP contribution in [0, 0.1) is 0 Å². The first kappa shape index (κ1) is 16.3. The number of hydrogen-bond donors (Lipinski definition) is 0. The standard InChI is InChI=1S/C22H23NO/c1-2-3-4-8-15-21-20-14-10-9-11-18(20)16-17-23(21)22(24)19-12-6-5-7-13-19/h5-17,21H,2-4H2,1H3/b15-8+. The molecule has 1 heterocycles. The molecule has 0 radical (unpaired) electrons. The fourth-order valence-electron chi connectivity index (χ4n) is 3.00. The monoisotopic (exact) mass is 317 g/mol. The summed E-state index contributed by atoms with van der Waals surface area (Å²) in [5.74, 6) is 0.0338. The van der Waals surface area contributed by atoms with Gasteiger partial charge in [0.2, 0.25) is 0 Å². The largest absolute Gasteiger partial charge is 0.304 e. The average molecular weight is 317 g/mol. The van der Waals surface area contributed by atoms with E-state index in [0.717, 1.165) is 6.42 Å². The maximum Gasteiger partial charge on any atom is 0.258 e. The minimum atomic E-state index is -0.0456. The van der Waals surface area contributed by atoms with Crippen LogP contribution in [0.15, 0.2) is 72.9 Å². The quantitative estimate of drug-likeness (QED) is 0.519. The highest BCUT2D eigenvalue weighted by molar-refractivity contribution is 5.96. The van der Waals surface area contributed by atoms with Gasteiger partial charge >= 0.3 is 0 Å². The van der Waals surface area contributed by atoms with Gasteiger partial charge in [0.15, 0.2) is 0 Å². The van der Waals surface area contributed by atoms with Crippen LogP contribution in [-0.2, 0) is 0 Å². The predicted molar refractivity (Wildman–Crippen MR) is 99.5 cm³/mol. The Bertz CT molecular complexity index is 746. The predicted octanol–water partition coefficient (Wildman–Crippen LogP) is 5.60. The number of nitrogens with zero attached hydrogens (tertiary/aromatic N) is 1. The van der Waals surface area contributed by atoms with E-state index in [1.807, 2.05) is 59.6 Å². The highest BCUT2D eigenvalue weighted by Crippen LogP contribution is 2.32. The van der Waals surface area contributed by atoms with E-state index in [0.29, 0.717) is 5.56 Å². The number of hydrogen-bond acceptors (Lipinski definition) is 1. The van der Waals surface area contributed by atoms with Gasteiger partial charge in [-0.15, -0.1) is 0 Å². The molecule has 1 amide bonds. The summed E-state index contributed by atoms with van der Waals surface area (Å²) in [4.78, 5) is 14.8. The molecule has 2 nitrogen and oxygen atoms in total. The molecule has 2 heteroatoms. The van der Waals surface area contributed by atoms with Crippen LogP contribution in [0.5, 0.6) is 0 Å². The van der Waals surface area contributed by atoms with Gasteiger partial charge in [-0.25, -0.2) is 0 Å². The first-order chi connectivity index (χ1) is 11.8.